The van der Waals surface area contributed by atoms with Crippen LogP contribution in [0, 0.1) is 6.42 Å². The van der Waals surface area contributed by atoms with Gasteiger partial charge in [0.25, 0.3) is 0 Å². The Labute approximate surface area is 92.9 Å². The van der Waals surface area contributed by atoms with Crippen LogP contribution in [0.25, 0.3) is 0 Å². The third-order valence-corrected chi connectivity index (χ3v) is 2.09. The minimum absolute atomic E-state index is 0. The molecule has 1 aromatic rings. The van der Waals surface area contributed by atoms with Gasteiger partial charge in [-0.25, -0.2) is 0 Å². The van der Waals surface area contributed by atoms with Crippen molar-refractivity contribution in [3.63, 3.8) is 0 Å². The molecule has 0 aliphatic rings. The topological polar surface area (TPSA) is 43.4 Å². The van der Waals surface area contributed by atoms with Gasteiger partial charge in [-0.2, -0.15) is 11.3 Å². The molecule has 13 heavy (non-hydrogen) atoms. The zero-order valence-electron chi connectivity index (χ0n) is 6.86. The van der Waals surface area contributed by atoms with E-state index in [0.29, 0.717) is 6.42 Å². The van der Waals surface area contributed by atoms with Gasteiger partial charge in [-0.1, -0.05) is 12.1 Å². The molecule has 0 saturated heterocycles. The summed E-state index contributed by atoms with van der Waals surface area (Å²) in [7, 11) is 0. The molecular weight excluding hydrogens is 242 g/mol. The Morgan fingerprint density at radius 1 is 1.69 bits per heavy atom. The van der Waals surface area contributed by atoms with Crippen molar-refractivity contribution < 1.29 is 33.8 Å². The molecule has 0 N–H and O–H groups in total. The normalized spacial score (nSPS) is 8.31. The van der Waals surface area contributed by atoms with E-state index < -0.39 is 5.97 Å². The summed E-state index contributed by atoms with van der Waals surface area (Å²) in [6.07, 6.45) is 1.80. The SMILES string of the molecule is O=[C-]OC(=O)[CH-]Cc1cccs1.[Zn+2]. The molecule has 5 heteroatoms. The summed E-state index contributed by atoms with van der Waals surface area (Å²) in [6.45, 7) is 1.07. The van der Waals surface area contributed by atoms with Crippen molar-refractivity contribution in [2.45, 2.75) is 6.42 Å². The third kappa shape index (κ3) is 4.81. The maximum absolute atomic E-state index is 10.6. The molecule has 0 saturated carbocycles. The van der Waals surface area contributed by atoms with Crippen molar-refractivity contribution >= 4 is 23.8 Å². The largest absolute Gasteiger partial charge is 2.00 e. The van der Waals surface area contributed by atoms with Crippen LogP contribution in [-0.4, -0.2) is 12.4 Å². The van der Waals surface area contributed by atoms with Crippen molar-refractivity contribution in [3.8, 4) is 0 Å². The first-order chi connectivity index (χ1) is 5.83. The van der Waals surface area contributed by atoms with Gasteiger partial charge in [-0.3, -0.25) is 0 Å². The number of carbonyl (C=O) groups is 1. The van der Waals surface area contributed by atoms with Crippen LogP contribution in [-0.2, 0) is 40.2 Å². The summed E-state index contributed by atoms with van der Waals surface area (Å²) >= 11 is 1.55. The molecule has 0 atom stereocenters. The molecule has 0 aromatic carbocycles. The van der Waals surface area contributed by atoms with E-state index in [1.54, 1.807) is 11.3 Å². The van der Waals surface area contributed by atoms with E-state index in [2.05, 4.69) is 4.74 Å². The second kappa shape index (κ2) is 6.81. The van der Waals surface area contributed by atoms with Crippen molar-refractivity contribution in [2.24, 2.45) is 0 Å². The maximum Gasteiger partial charge on any atom is 2.00 e. The molecule has 3 nitrogen and oxygen atoms in total. The average Bonchev–Trinajstić information content (AvgIpc) is 2.53. The first-order valence-corrected chi connectivity index (χ1v) is 4.14. The van der Waals surface area contributed by atoms with Gasteiger partial charge in [0.15, 0.2) is 6.47 Å². The van der Waals surface area contributed by atoms with E-state index >= 15 is 0 Å². The second-order valence-corrected chi connectivity index (χ2v) is 3.02. The van der Waals surface area contributed by atoms with Crippen molar-refractivity contribution in [2.75, 3.05) is 0 Å². The predicted molar refractivity (Wildman–Crippen MR) is 44.1 cm³/mol. The molecule has 0 unspecified atom stereocenters. The van der Waals surface area contributed by atoms with E-state index in [1.165, 1.54) is 6.42 Å². The molecule has 1 heterocycles. The predicted octanol–water partition coefficient (Wildman–Crippen LogP) is 1.10. The quantitative estimate of drug-likeness (QED) is 0.346. The summed E-state index contributed by atoms with van der Waals surface area (Å²) in [4.78, 5) is 21.2. The Balaban J connectivity index is 0.00000144. The average molecular weight is 248 g/mol. The Bertz CT molecular complexity index is 258. The number of ether oxygens (including phenoxy) is 1. The smallest absolute Gasteiger partial charge is 0.606 e. The van der Waals surface area contributed by atoms with Crippen molar-refractivity contribution in [3.05, 3.63) is 28.8 Å². The molecule has 0 radical (unpaired) electrons. The molecule has 64 valence electrons. The fourth-order valence-electron chi connectivity index (χ4n) is 0.695. The molecule has 0 amide bonds. The van der Waals surface area contributed by atoms with Crippen LogP contribution in [0.2, 0.25) is 0 Å². The minimum atomic E-state index is -0.654. The molecule has 0 aliphatic heterocycles. The van der Waals surface area contributed by atoms with E-state index in [4.69, 9.17) is 0 Å². The zero-order valence-corrected chi connectivity index (χ0v) is 10.6. The fraction of sp³-hybridized carbons (Fsp3) is 0.125. The monoisotopic (exact) mass is 246 g/mol. The van der Waals surface area contributed by atoms with Gasteiger partial charge < -0.3 is 20.7 Å². The van der Waals surface area contributed by atoms with Gasteiger partial charge in [-0.15, -0.1) is 6.42 Å². The molecule has 1 aromatic heterocycles. The standard InChI is InChI=1S/C8H6O3S.Zn/c9-6-11-8(10)4-3-7-2-1-5-12-7;/h1-2,4-5H,3H2;/q-2;+2. The van der Waals surface area contributed by atoms with Gasteiger partial charge in [-0.05, 0) is 10.3 Å². The van der Waals surface area contributed by atoms with Crippen LogP contribution in [0.3, 0.4) is 0 Å². The third-order valence-electron chi connectivity index (χ3n) is 1.19. The second-order valence-electron chi connectivity index (χ2n) is 1.99. The molecule has 0 aliphatic carbocycles. The summed E-state index contributed by atoms with van der Waals surface area (Å²) < 4.78 is 3.94. The Kier molecular flexibility index (Phi) is 6.46. The van der Waals surface area contributed by atoms with Crippen LogP contribution < -0.4 is 0 Å². The number of carbonyl (C=O) groups excluding carboxylic acids is 2. The number of rotatable bonds is 4. The number of thiophene rings is 1. The van der Waals surface area contributed by atoms with Crippen molar-refractivity contribution in [1.82, 2.24) is 0 Å². The summed E-state index contributed by atoms with van der Waals surface area (Å²) in [6, 6.07) is 3.80. The van der Waals surface area contributed by atoms with Gasteiger partial charge in [0.1, 0.15) is 0 Å². The van der Waals surface area contributed by atoms with E-state index in [1.807, 2.05) is 17.5 Å². The maximum atomic E-state index is 10.6. The van der Waals surface area contributed by atoms with Crippen LogP contribution >= 0.6 is 11.3 Å². The Morgan fingerprint density at radius 3 is 3.00 bits per heavy atom. The first-order valence-electron chi connectivity index (χ1n) is 3.26. The number of hydrogen-bond donors (Lipinski definition) is 0. The van der Waals surface area contributed by atoms with Gasteiger partial charge >= 0.3 is 19.5 Å². The van der Waals surface area contributed by atoms with Crippen LogP contribution in [0.1, 0.15) is 4.88 Å². The molecule has 0 spiro atoms. The first kappa shape index (κ1) is 12.3. The minimum Gasteiger partial charge on any atom is -0.606 e. The summed E-state index contributed by atoms with van der Waals surface area (Å²) in [5.74, 6) is -0.654. The Morgan fingerprint density at radius 2 is 2.46 bits per heavy atom. The van der Waals surface area contributed by atoms with Crippen LogP contribution in [0.4, 0.5) is 0 Å². The van der Waals surface area contributed by atoms with Crippen molar-refractivity contribution in [1.29, 1.82) is 0 Å². The van der Waals surface area contributed by atoms with Gasteiger partial charge in [0, 0.05) is 5.97 Å². The Hall–Kier alpha value is -0.667. The van der Waals surface area contributed by atoms with Crippen LogP contribution in [0.5, 0.6) is 0 Å². The van der Waals surface area contributed by atoms with E-state index in [0.717, 1.165) is 11.3 Å². The van der Waals surface area contributed by atoms with Gasteiger partial charge in [0.2, 0.25) is 0 Å². The molecule has 0 bridgehead atoms. The van der Waals surface area contributed by atoms with E-state index in [9.17, 15) is 9.59 Å². The van der Waals surface area contributed by atoms with E-state index in [-0.39, 0.29) is 19.5 Å². The fourth-order valence-corrected chi connectivity index (χ4v) is 1.36. The molecule has 1 rings (SSSR count). The zero-order chi connectivity index (χ0) is 8.81. The summed E-state index contributed by atoms with van der Waals surface area (Å²) in [5, 5.41) is 1.92. The molecular formula is C8H6O3SZn. The van der Waals surface area contributed by atoms with Crippen LogP contribution in [0.15, 0.2) is 17.5 Å². The van der Waals surface area contributed by atoms with Gasteiger partial charge in [0.05, 0.1) is 0 Å². The number of esters is 1. The molecule has 0 fully saturated rings. The summed E-state index contributed by atoms with van der Waals surface area (Å²) in [5.41, 5.74) is 0. The number of hydrogen-bond acceptors (Lipinski definition) is 4.